The van der Waals surface area contributed by atoms with Gasteiger partial charge in [0.05, 0.1) is 23.5 Å². The predicted molar refractivity (Wildman–Crippen MR) is 82.5 cm³/mol. The summed E-state index contributed by atoms with van der Waals surface area (Å²) in [6.07, 6.45) is 3.98. The second-order valence-corrected chi connectivity index (χ2v) is 6.22. The van der Waals surface area contributed by atoms with Gasteiger partial charge in [0.15, 0.2) is 0 Å². The Labute approximate surface area is 124 Å². The summed E-state index contributed by atoms with van der Waals surface area (Å²) in [4.78, 5) is 20.1. The molecule has 1 heterocycles. The molecule has 5 heteroatoms. The van der Waals surface area contributed by atoms with Gasteiger partial charge in [0.2, 0.25) is 5.91 Å². The molecule has 1 saturated carbocycles. The van der Waals surface area contributed by atoms with E-state index in [1.807, 2.05) is 31.2 Å². The van der Waals surface area contributed by atoms with E-state index < -0.39 is 5.54 Å². The van der Waals surface area contributed by atoms with Crippen LogP contribution in [-0.2, 0) is 11.3 Å². The zero-order valence-corrected chi connectivity index (χ0v) is 12.4. The van der Waals surface area contributed by atoms with Gasteiger partial charge in [-0.05, 0) is 31.9 Å². The quantitative estimate of drug-likeness (QED) is 0.807. The maximum absolute atomic E-state index is 12.4. The molecule has 1 aliphatic carbocycles. The highest BCUT2D eigenvalue weighted by atomic mass is 16.1. The number of carbonyl (C=O) groups is 1. The Morgan fingerprint density at radius 3 is 3.05 bits per heavy atom. The smallest absolute Gasteiger partial charge is 0.225 e. The van der Waals surface area contributed by atoms with E-state index in [0.29, 0.717) is 6.54 Å². The Morgan fingerprint density at radius 1 is 1.48 bits per heavy atom. The standard InChI is InChI=1S/C16H22N4O/c1-16(17)9-5-4-6-11(16)15(21)18-10-14-19-12-7-2-3-8-13(12)20-14/h2-3,7-8,11H,4-6,9-10,17H2,1H3,(H,18,21)(H,19,20). The van der Waals surface area contributed by atoms with Crippen LogP contribution in [-0.4, -0.2) is 21.4 Å². The second-order valence-electron chi connectivity index (χ2n) is 6.22. The van der Waals surface area contributed by atoms with E-state index in [9.17, 15) is 4.79 Å². The number of rotatable bonds is 3. The monoisotopic (exact) mass is 286 g/mol. The number of benzene rings is 1. The van der Waals surface area contributed by atoms with Crippen molar-refractivity contribution < 1.29 is 4.79 Å². The molecule has 1 aromatic carbocycles. The number of aromatic amines is 1. The fraction of sp³-hybridized carbons (Fsp3) is 0.500. The van der Waals surface area contributed by atoms with E-state index in [1.165, 1.54) is 0 Å². The molecule has 3 rings (SSSR count). The summed E-state index contributed by atoms with van der Waals surface area (Å²) in [5.41, 5.74) is 7.78. The summed E-state index contributed by atoms with van der Waals surface area (Å²) in [5, 5.41) is 2.97. The molecular formula is C16H22N4O. The lowest BCUT2D eigenvalue weighted by molar-refractivity contribution is -0.128. The number of aromatic nitrogens is 2. The molecule has 5 nitrogen and oxygen atoms in total. The number of fused-ring (bicyclic) bond motifs is 1. The van der Waals surface area contributed by atoms with Crippen LogP contribution < -0.4 is 11.1 Å². The Morgan fingerprint density at radius 2 is 2.29 bits per heavy atom. The van der Waals surface area contributed by atoms with Crippen molar-refractivity contribution in [3.63, 3.8) is 0 Å². The van der Waals surface area contributed by atoms with E-state index >= 15 is 0 Å². The van der Waals surface area contributed by atoms with Crippen molar-refractivity contribution in [2.75, 3.05) is 0 Å². The summed E-state index contributed by atoms with van der Waals surface area (Å²) in [6.45, 7) is 2.40. The van der Waals surface area contributed by atoms with Gasteiger partial charge in [0.25, 0.3) is 0 Å². The average molecular weight is 286 g/mol. The Hall–Kier alpha value is -1.88. The van der Waals surface area contributed by atoms with Crippen LogP contribution in [0.4, 0.5) is 0 Å². The van der Waals surface area contributed by atoms with Gasteiger partial charge in [-0.2, -0.15) is 0 Å². The van der Waals surface area contributed by atoms with Crippen molar-refractivity contribution in [3.05, 3.63) is 30.1 Å². The molecule has 1 fully saturated rings. The van der Waals surface area contributed by atoms with Gasteiger partial charge < -0.3 is 16.0 Å². The third kappa shape index (κ3) is 2.93. The predicted octanol–water partition coefficient (Wildman–Crippen LogP) is 2.09. The first-order chi connectivity index (χ1) is 10.1. The third-order valence-electron chi connectivity index (χ3n) is 4.44. The fourth-order valence-corrected chi connectivity index (χ4v) is 3.17. The highest BCUT2D eigenvalue weighted by Gasteiger charge is 2.37. The van der Waals surface area contributed by atoms with Gasteiger partial charge in [-0.25, -0.2) is 4.98 Å². The van der Waals surface area contributed by atoms with Gasteiger partial charge in [-0.15, -0.1) is 0 Å². The van der Waals surface area contributed by atoms with E-state index in [-0.39, 0.29) is 11.8 Å². The normalized spacial score (nSPS) is 25.9. The number of hydrogen-bond acceptors (Lipinski definition) is 3. The highest BCUT2D eigenvalue weighted by molar-refractivity contribution is 5.80. The maximum atomic E-state index is 12.4. The Kier molecular flexibility index (Phi) is 3.68. The molecule has 2 unspecified atom stereocenters. The molecule has 1 aromatic heterocycles. The number of nitrogens with one attached hydrogen (secondary N) is 2. The lowest BCUT2D eigenvalue weighted by atomic mass is 9.74. The van der Waals surface area contributed by atoms with Crippen LogP contribution in [0.15, 0.2) is 24.3 Å². The first kappa shape index (κ1) is 14.1. The van der Waals surface area contributed by atoms with Crippen LogP contribution in [0.3, 0.4) is 0 Å². The number of H-pyrrole nitrogens is 1. The van der Waals surface area contributed by atoms with Crippen molar-refractivity contribution in [3.8, 4) is 0 Å². The van der Waals surface area contributed by atoms with Gasteiger partial charge in [0, 0.05) is 5.54 Å². The molecule has 4 N–H and O–H groups in total. The van der Waals surface area contributed by atoms with Gasteiger partial charge >= 0.3 is 0 Å². The van der Waals surface area contributed by atoms with Crippen molar-refractivity contribution in [2.24, 2.45) is 11.7 Å². The van der Waals surface area contributed by atoms with Crippen molar-refractivity contribution in [1.82, 2.24) is 15.3 Å². The zero-order chi connectivity index (χ0) is 14.9. The number of nitrogens with two attached hydrogens (primary N) is 1. The summed E-state index contributed by atoms with van der Waals surface area (Å²) in [7, 11) is 0. The molecule has 1 amide bonds. The number of hydrogen-bond donors (Lipinski definition) is 3. The summed E-state index contributed by atoms with van der Waals surface area (Å²) < 4.78 is 0. The van der Waals surface area contributed by atoms with Crippen molar-refractivity contribution in [1.29, 1.82) is 0 Å². The van der Waals surface area contributed by atoms with Crippen molar-refractivity contribution >= 4 is 16.9 Å². The van der Waals surface area contributed by atoms with E-state index in [0.717, 1.165) is 42.5 Å². The molecule has 21 heavy (non-hydrogen) atoms. The Balaban J connectivity index is 1.65. The van der Waals surface area contributed by atoms with Gasteiger partial charge in [0.1, 0.15) is 5.82 Å². The third-order valence-corrected chi connectivity index (χ3v) is 4.44. The molecule has 1 aliphatic rings. The van der Waals surface area contributed by atoms with Gasteiger partial charge in [-0.3, -0.25) is 4.79 Å². The number of para-hydroxylation sites is 2. The highest BCUT2D eigenvalue weighted by Crippen LogP contribution is 2.31. The molecule has 0 radical (unpaired) electrons. The van der Waals surface area contributed by atoms with E-state index in [1.54, 1.807) is 0 Å². The largest absolute Gasteiger partial charge is 0.349 e. The first-order valence-corrected chi connectivity index (χ1v) is 7.56. The molecule has 0 spiro atoms. The lowest BCUT2D eigenvalue weighted by Crippen LogP contribution is -2.52. The molecule has 2 aromatic rings. The first-order valence-electron chi connectivity index (χ1n) is 7.56. The molecular weight excluding hydrogens is 264 g/mol. The lowest BCUT2D eigenvalue weighted by Gasteiger charge is -2.37. The molecule has 0 bridgehead atoms. The van der Waals surface area contributed by atoms with E-state index in [4.69, 9.17) is 5.73 Å². The summed E-state index contributed by atoms with van der Waals surface area (Å²) in [5.74, 6) is 0.717. The van der Waals surface area contributed by atoms with E-state index in [2.05, 4.69) is 15.3 Å². The van der Waals surface area contributed by atoms with Crippen LogP contribution in [0.2, 0.25) is 0 Å². The van der Waals surface area contributed by atoms with Gasteiger partial charge in [-0.1, -0.05) is 25.0 Å². The summed E-state index contributed by atoms with van der Waals surface area (Å²) >= 11 is 0. The SMILES string of the molecule is CC1(N)CCCCC1C(=O)NCc1nc2ccccc2[nH]1. The number of amides is 1. The minimum Gasteiger partial charge on any atom is -0.349 e. The Bertz CT molecular complexity index is 614. The minimum absolute atomic E-state index is 0.0418. The fourth-order valence-electron chi connectivity index (χ4n) is 3.17. The molecule has 0 aliphatic heterocycles. The zero-order valence-electron chi connectivity index (χ0n) is 12.4. The number of imidazole rings is 1. The van der Waals surface area contributed by atoms with Crippen LogP contribution in [0.5, 0.6) is 0 Å². The number of nitrogens with zero attached hydrogens (tertiary/aromatic N) is 1. The van der Waals surface area contributed by atoms with Crippen LogP contribution in [0.25, 0.3) is 11.0 Å². The van der Waals surface area contributed by atoms with Crippen molar-refractivity contribution in [2.45, 2.75) is 44.7 Å². The van der Waals surface area contributed by atoms with Crippen LogP contribution >= 0.6 is 0 Å². The summed E-state index contributed by atoms with van der Waals surface area (Å²) in [6, 6.07) is 7.85. The maximum Gasteiger partial charge on any atom is 0.225 e. The average Bonchev–Trinajstić information content (AvgIpc) is 2.87. The van der Waals surface area contributed by atoms with Crippen LogP contribution in [0, 0.1) is 5.92 Å². The number of carbonyl (C=O) groups excluding carboxylic acids is 1. The molecule has 0 saturated heterocycles. The van der Waals surface area contributed by atoms with Crippen LogP contribution in [0.1, 0.15) is 38.4 Å². The second kappa shape index (κ2) is 5.48. The minimum atomic E-state index is -0.393. The molecule has 112 valence electrons. The topological polar surface area (TPSA) is 83.8 Å². The molecule has 2 atom stereocenters.